The molecule has 0 heterocycles. The molecule has 1 unspecified atom stereocenters. The average Bonchev–Trinajstić information content (AvgIpc) is 2.72. The van der Waals surface area contributed by atoms with Crippen LogP contribution in [-0.4, -0.2) is 38.3 Å². The summed E-state index contributed by atoms with van der Waals surface area (Å²) in [5.41, 5.74) is 0.273. The van der Waals surface area contributed by atoms with Crippen LogP contribution in [0.5, 0.6) is 5.75 Å². The average molecular weight is 459 g/mol. The molecule has 170 valence electrons. The molecule has 31 heavy (non-hydrogen) atoms. The van der Waals surface area contributed by atoms with E-state index < -0.39 is 39.3 Å². The largest absolute Gasteiger partial charge is 0.434 e. The van der Waals surface area contributed by atoms with Gasteiger partial charge < -0.3 is 10.1 Å². The third-order valence-corrected chi connectivity index (χ3v) is 6.81. The Balaban J connectivity index is 2.36. The number of hydrogen-bond acceptors (Lipinski definition) is 4. The van der Waals surface area contributed by atoms with Gasteiger partial charge in [-0.1, -0.05) is 39.0 Å². The van der Waals surface area contributed by atoms with Gasteiger partial charge in [-0.2, -0.15) is 13.1 Å². The molecule has 0 aromatic heterocycles. The molecule has 0 aliphatic carbocycles. The zero-order valence-corrected chi connectivity index (χ0v) is 18.3. The monoisotopic (exact) mass is 458 g/mol. The fourth-order valence-corrected chi connectivity index (χ4v) is 4.71. The third-order valence-electron chi connectivity index (χ3n) is 4.74. The number of nitrogens with zero attached hydrogens (tertiary/aromatic N) is 1. The minimum absolute atomic E-state index is 0.0714. The number of para-hydroxylation sites is 1. The van der Waals surface area contributed by atoms with Gasteiger partial charge in [0.25, 0.3) is 5.91 Å². The maximum atomic E-state index is 14.3. The van der Waals surface area contributed by atoms with E-state index in [4.69, 9.17) is 0 Å². The van der Waals surface area contributed by atoms with E-state index in [9.17, 15) is 26.4 Å². The number of amides is 1. The molecule has 0 radical (unpaired) electrons. The molecule has 0 aliphatic rings. The Morgan fingerprint density at radius 2 is 1.74 bits per heavy atom. The van der Waals surface area contributed by atoms with Crippen LogP contribution in [-0.2, 0) is 10.0 Å². The predicted octanol–water partition coefficient (Wildman–Crippen LogP) is 4.34. The second-order valence-corrected chi connectivity index (χ2v) is 8.49. The van der Waals surface area contributed by atoms with Crippen LogP contribution in [0.3, 0.4) is 0 Å². The molecule has 0 spiro atoms. The maximum absolute atomic E-state index is 14.3. The van der Waals surface area contributed by atoms with Gasteiger partial charge in [0.1, 0.15) is 16.5 Å². The summed E-state index contributed by atoms with van der Waals surface area (Å²) in [5, 5.41) is 2.67. The van der Waals surface area contributed by atoms with E-state index in [0.717, 1.165) is 16.4 Å². The summed E-state index contributed by atoms with van der Waals surface area (Å²) in [6, 6.07) is 8.44. The van der Waals surface area contributed by atoms with Gasteiger partial charge in [0, 0.05) is 24.2 Å². The van der Waals surface area contributed by atoms with Gasteiger partial charge in [0.05, 0.1) is 6.04 Å². The number of halogens is 3. The van der Waals surface area contributed by atoms with E-state index in [1.165, 1.54) is 18.2 Å². The summed E-state index contributed by atoms with van der Waals surface area (Å²) in [6.45, 7) is 2.26. The number of alkyl halides is 2. The SMILES string of the molecule is CCC(NC(=O)c1ccc(F)c(S(=O)(=O)N(CC)CC)c1)c1ccccc1OC(F)F. The first kappa shape index (κ1) is 24.7. The number of ether oxygens (including phenoxy) is 1. The van der Waals surface area contributed by atoms with Crippen molar-refractivity contribution in [2.75, 3.05) is 13.1 Å². The second-order valence-electron chi connectivity index (χ2n) is 6.59. The van der Waals surface area contributed by atoms with E-state index in [-0.39, 0.29) is 24.4 Å². The number of benzene rings is 2. The van der Waals surface area contributed by atoms with Crippen molar-refractivity contribution < 1.29 is 31.1 Å². The first-order valence-electron chi connectivity index (χ1n) is 9.79. The molecule has 0 saturated carbocycles. The second kappa shape index (κ2) is 10.6. The number of carbonyl (C=O) groups excluding carboxylic acids is 1. The molecule has 2 aromatic rings. The molecule has 1 N–H and O–H groups in total. The van der Waals surface area contributed by atoms with Crippen molar-refractivity contribution in [3.8, 4) is 5.75 Å². The van der Waals surface area contributed by atoms with Gasteiger partial charge in [0.15, 0.2) is 0 Å². The third kappa shape index (κ3) is 5.76. The van der Waals surface area contributed by atoms with Crippen LogP contribution in [0.25, 0.3) is 0 Å². The highest BCUT2D eigenvalue weighted by Crippen LogP contribution is 2.29. The summed E-state index contributed by atoms with van der Waals surface area (Å²) in [5.74, 6) is -1.71. The lowest BCUT2D eigenvalue weighted by Gasteiger charge is -2.21. The molecule has 0 fully saturated rings. The highest BCUT2D eigenvalue weighted by atomic mass is 32.2. The van der Waals surface area contributed by atoms with Crippen molar-refractivity contribution >= 4 is 15.9 Å². The standard InChI is InChI=1S/C21H25F3N2O4S/c1-4-17(15-9-7-8-10-18(15)30-21(23)24)25-20(27)14-11-12-16(22)19(13-14)31(28,29)26(5-2)6-3/h7-13,17,21H,4-6H2,1-3H3,(H,25,27). The molecule has 10 heteroatoms. The minimum atomic E-state index is -4.12. The van der Waals surface area contributed by atoms with Gasteiger partial charge in [0.2, 0.25) is 10.0 Å². The van der Waals surface area contributed by atoms with Gasteiger partial charge in [-0.05, 0) is 30.7 Å². The Morgan fingerprint density at radius 3 is 2.32 bits per heavy atom. The number of hydrogen-bond donors (Lipinski definition) is 1. The predicted molar refractivity (Wildman–Crippen MR) is 110 cm³/mol. The van der Waals surface area contributed by atoms with E-state index >= 15 is 0 Å². The summed E-state index contributed by atoms with van der Waals surface area (Å²) in [6.07, 6.45) is 0.348. The van der Waals surface area contributed by atoms with Crippen molar-refractivity contribution in [3.63, 3.8) is 0 Å². The van der Waals surface area contributed by atoms with Crippen molar-refractivity contribution in [1.82, 2.24) is 9.62 Å². The Morgan fingerprint density at radius 1 is 1.10 bits per heavy atom. The molecule has 2 rings (SSSR count). The Kier molecular flexibility index (Phi) is 8.46. The number of carbonyl (C=O) groups is 1. The zero-order valence-electron chi connectivity index (χ0n) is 17.4. The zero-order chi connectivity index (χ0) is 23.2. The summed E-state index contributed by atoms with van der Waals surface area (Å²) < 4.78 is 70.7. The first-order chi connectivity index (χ1) is 14.6. The Bertz CT molecular complexity index is 1010. The molecule has 1 amide bonds. The quantitative estimate of drug-likeness (QED) is 0.575. The summed E-state index contributed by atoms with van der Waals surface area (Å²) >= 11 is 0. The first-order valence-corrected chi connectivity index (χ1v) is 11.2. The van der Waals surface area contributed by atoms with E-state index in [1.54, 1.807) is 32.9 Å². The van der Waals surface area contributed by atoms with Crippen LogP contribution in [0.4, 0.5) is 13.2 Å². The fourth-order valence-electron chi connectivity index (χ4n) is 3.16. The van der Waals surface area contributed by atoms with Crippen LogP contribution >= 0.6 is 0 Å². The van der Waals surface area contributed by atoms with Crippen LogP contribution in [0.1, 0.15) is 49.2 Å². The van der Waals surface area contributed by atoms with Crippen molar-refractivity contribution in [3.05, 3.63) is 59.4 Å². The normalized spacial score (nSPS) is 12.8. The fraction of sp³-hybridized carbons (Fsp3) is 0.381. The van der Waals surface area contributed by atoms with Crippen molar-refractivity contribution in [2.24, 2.45) is 0 Å². The van der Waals surface area contributed by atoms with Crippen molar-refractivity contribution in [1.29, 1.82) is 0 Å². The Hall–Kier alpha value is -2.59. The molecule has 0 bridgehead atoms. The van der Waals surface area contributed by atoms with Gasteiger partial charge >= 0.3 is 6.61 Å². The molecular weight excluding hydrogens is 433 g/mol. The smallest absolute Gasteiger partial charge is 0.387 e. The molecular formula is C21H25F3N2O4S. The van der Waals surface area contributed by atoms with Crippen LogP contribution < -0.4 is 10.1 Å². The minimum Gasteiger partial charge on any atom is -0.434 e. The van der Waals surface area contributed by atoms with E-state index in [2.05, 4.69) is 10.1 Å². The van der Waals surface area contributed by atoms with Crippen molar-refractivity contribution in [2.45, 2.75) is 44.7 Å². The molecule has 0 saturated heterocycles. The summed E-state index contributed by atoms with van der Waals surface area (Å²) in [7, 11) is -4.12. The highest BCUT2D eigenvalue weighted by molar-refractivity contribution is 7.89. The maximum Gasteiger partial charge on any atom is 0.387 e. The molecule has 0 aliphatic heterocycles. The summed E-state index contributed by atoms with van der Waals surface area (Å²) in [4.78, 5) is 12.2. The lowest BCUT2D eigenvalue weighted by Crippen LogP contribution is -2.32. The van der Waals surface area contributed by atoms with Gasteiger partial charge in [-0.3, -0.25) is 4.79 Å². The highest BCUT2D eigenvalue weighted by Gasteiger charge is 2.27. The van der Waals surface area contributed by atoms with E-state index in [0.29, 0.717) is 12.0 Å². The van der Waals surface area contributed by atoms with Gasteiger partial charge in [-0.15, -0.1) is 0 Å². The number of rotatable bonds is 10. The molecule has 6 nitrogen and oxygen atoms in total. The Labute approximate surface area is 180 Å². The van der Waals surface area contributed by atoms with E-state index in [1.807, 2.05) is 0 Å². The molecule has 1 atom stereocenters. The van der Waals surface area contributed by atoms with Gasteiger partial charge in [-0.25, -0.2) is 12.8 Å². The van der Waals surface area contributed by atoms with Crippen LogP contribution in [0, 0.1) is 5.82 Å². The lowest BCUT2D eigenvalue weighted by atomic mass is 10.0. The lowest BCUT2D eigenvalue weighted by molar-refractivity contribution is -0.0506. The topological polar surface area (TPSA) is 75.7 Å². The number of nitrogens with one attached hydrogen (secondary N) is 1. The number of sulfonamides is 1. The molecule has 2 aromatic carbocycles. The van der Waals surface area contributed by atoms with Crippen LogP contribution in [0.2, 0.25) is 0 Å². The van der Waals surface area contributed by atoms with Crippen LogP contribution in [0.15, 0.2) is 47.4 Å².